The largest absolute Gasteiger partial charge is 0.497 e. The van der Waals surface area contributed by atoms with Gasteiger partial charge in [0.15, 0.2) is 5.78 Å². The number of hydrogen-bond acceptors (Lipinski definition) is 5. The number of ketones is 1. The van der Waals surface area contributed by atoms with Crippen LogP contribution in [0.1, 0.15) is 45.1 Å². The van der Waals surface area contributed by atoms with Gasteiger partial charge in [-0.25, -0.2) is 4.79 Å². The molecule has 0 unspecified atom stereocenters. The van der Waals surface area contributed by atoms with Gasteiger partial charge in [0.1, 0.15) is 5.75 Å². The summed E-state index contributed by atoms with van der Waals surface area (Å²) in [6, 6.07) is 7.50. The molecule has 0 bridgehead atoms. The minimum atomic E-state index is -0.423. The van der Waals surface area contributed by atoms with Crippen LogP contribution in [0.4, 0.5) is 0 Å². The second-order valence-corrected chi connectivity index (χ2v) is 7.69. The van der Waals surface area contributed by atoms with E-state index >= 15 is 0 Å². The van der Waals surface area contributed by atoms with Gasteiger partial charge < -0.3 is 14.8 Å². The normalized spacial score (nSPS) is 21.9. The van der Waals surface area contributed by atoms with Crippen LogP contribution in [-0.2, 0) is 14.3 Å². The molecule has 26 heavy (non-hydrogen) atoms. The number of esters is 1. The van der Waals surface area contributed by atoms with Crippen LogP contribution in [0.5, 0.6) is 5.75 Å². The average Bonchev–Trinajstić information content (AvgIpc) is 2.59. The molecule has 138 valence electrons. The summed E-state index contributed by atoms with van der Waals surface area (Å²) < 4.78 is 10.3. The molecule has 1 aliphatic carbocycles. The fraction of sp³-hybridized carbons (Fsp3) is 0.429. The van der Waals surface area contributed by atoms with E-state index in [1.54, 1.807) is 7.11 Å². The third-order valence-corrected chi connectivity index (χ3v) is 5.09. The number of ether oxygens (including phenoxy) is 2. The van der Waals surface area contributed by atoms with Crippen LogP contribution in [0.15, 0.2) is 46.8 Å². The lowest BCUT2D eigenvalue weighted by molar-refractivity contribution is -0.136. The number of carbonyl (C=O) groups excluding carboxylic acids is 2. The first-order valence-electron chi connectivity index (χ1n) is 8.73. The van der Waals surface area contributed by atoms with Crippen LogP contribution in [0, 0.1) is 5.41 Å². The molecule has 1 aliphatic heterocycles. The van der Waals surface area contributed by atoms with Crippen molar-refractivity contribution in [3.63, 3.8) is 0 Å². The smallest absolute Gasteiger partial charge is 0.336 e. The van der Waals surface area contributed by atoms with Gasteiger partial charge in [-0.1, -0.05) is 26.0 Å². The number of Topliss-reactive ketones (excluding diaryl/α,β-unsaturated/α-hetero) is 1. The predicted octanol–water partition coefficient (Wildman–Crippen LogP) is 3.47. The molecule has 1 heterocycles. The number of rotatable bonds is 3. The van der Waals surface area contributed by atoms with E-state index in [2.05, 4.69) is 19.2 Å². The third kappa shape index (κ3) is 3.14. The fourth-order valence-corrected chi connectivity index (χ4v) is 3.95. The fourth-order valence-electron chi connectivity index (χ4n) is 3.95. The maximum absolute atomic E-state index is 13.0. The van der Waals surface area contributed by atoms with Crippen LogP contribution in [0.25, 0.3) is 0 Å². The standard InChI is InChI=1S/C21H25NO4/c1-12-17(20(24)26-5)18(13-6-8-14(25-4)9-7-13)19-15(22-12)10-21(2,3)11-16(19)23/h6-9,18,22H,10-11H2,1-5H3/t18-/m0/s1. The number of methoxy groups -OCH3 is 2. The van der Waals surface area contributed by atoms with Crippen molar-refractivity contribution in [1.29, 1.82) is 0 Å². The highest BCUT2D eigenvalue weighted by Crippen LogP contribution is 2.46. The van der Waals surface area contributed by atoms with E-state index in [0.717, 1.165) is 29.1 Å². The maximum Gasteiger partial charge on any atom is 0.336 e. The summed E-state index contributed by atoms with van der Waals surface area (Å²) in [4.78, 5) is 25.5. The molecule has 1 aromatic carbocycles. The molecule has 1 atom stereocenters. The summed E-state index contributed by atoms with van der Waals surface area (Å²) in [5.41, 5.74) is 3.60. The Kier molecular flexibility index (Phi) is 4.65. The first kappa shape index (κ1) is 18.2. The van der Waals surface area contributed by atoms with E-state index in [1.165, 1.54) is 7.11 Å². The van der Waals surface area contributed by atoms with Crippen molar-refractivity contribution in [1.82, 2.24) is 5.32 Å². The number of benzene rings is 1. The van der Waals surface area contributed by atoms with E-state index in [9.17, 15) is 9.59 Å². The zero-order chi connectivity index (χ0) is 19.1. The Morgan fingerprint density at radius 2 is 1.81 bits per heavy atom. The highest BCUT2D eigenvalue weighted by atomic mass is 16.5. The van der Waals surface area contributed by atoms with E-state index in [4.69, 9.17) is 9.47 Å². The quantitative estimate of drug-likeness (QED) is 0.841. The molecule has 0 amide bonds. The second kappa shape index (κ2) is 6.63. The second-order valence-electron chi connectivity index (χ2n) is 7.69. The molecule has 1 N–H and O–H groups in total. The monoisotopic (exact) mass is 355 g/mol. The molecule has 0 radical (unpaired) electrons. The number of allylic oxidation sites excluding steroid dienone is 3. The van der Waals surface area contributed by atoms with Crippen molar-refractivity contribution < 1.29 is 19.1 Å². The van der Waals surface area contributed by atoms with Gasteiger partial charge in [-0.15, -0.1) is 0 Å². The zero-order valence-electron chi connectivity index (χ0n) is 15.9. The summed E-state index contributed by atoms with van der Waals surface area (Å²) in [7, 11) is 2.97. The summed E-state index contributed by atoms with van der Waals surface area (Å²) in [5, 5.41) is 3.30. The SMILES string of the molecule is COC(=O)C1=C(C)NC2=C(C(=O)CC(C)(C)C2)[C@H]1c1ccc(OC)cc1. The van der Waals surface area contributed by atoms with E-state index in [1.807, 2.05) is 31.2 Å². The summed E-state index contributed by atoms with van der Waals surface area (Å²) in [6.07, 6.45) is 1.24. The van der Waals surface area contributed by atoms with E-state index < -0.39 is 11.9 Å². The number of nitrogens with one attached hydrogen (secondary N) is 1. The lowest BCUT2D eigenvalue weighted by Gasteiger charge is -2.39. The molecule has 0 saturated heterocycles. The molecule has 5 heteroatoms. The molecule has 0 saturated carbocycles. The van der Waals surface area contributed by atoms with Crippen molar-refractivity contribution in [2.45, 2.75) is 39.5 Å². The van der Waals surface area contributed by atoms with Crippen LogP contribution >= 0.6 is 0 Å². The Bertz CT molecular complexity index is 815. The highest BCUT2D eigenvalue weighted by Gasteiger charge is 2.42. The Morgan fingerprint density at radius 3 is 2.38 bits per heavy atom. The van der Waals surface area contributed by atoms with Gasteiger partial charge in [-0.2, -0.15) is 0 Å². The molecule has 3 rings (SSSR count). The number of dihydropyridines is 1. The van der Waals surface area contributed by atoms with Crippen molar-refractivity contribution in [2.24, 2.45) is 5.41 Å². The molecular formula is C21H25NO4. The van der Waals surface area contributed by atoms with Gasteiger partial charge in [0.25, 0.3) is 0 Å². The molecule has 1 aromatic rings. The predicted molar refractivity (Wildman–Crippen MR) is 98.6 cm³/mol. The van der Waals surface area contributed by atoms with Crippen molar-refractivity contribution in [2.75, 3.05) is 14.2 Å². The van der Waals surface area contributed by atoms with Crippen LogP contribution in [-0.4, -0.2) is 26.0 Å². The topological polar surface area (TPSA) is 64.6 Å². The lowest BCUT2D eigenvalue weighted by Crippen LogP contribution is -2.38. The Balaban J connectivity index is 2.17. The van der Waals surface area contributed by atoms with Gasteiger partial charge >= 0.3 is 5.97 Å². The summed E-state index contributed by atoms with van der Waals surface area (Å²) in [5.74, 6) is -0.0278. The first-order valence-corrected chi connectivity index (χ1v) is 8.73. The third-order valence-electron chi connectivity index (χ3n) is 5.09. The Hall–Kier alpha value is -2.56. The van der Waals surface area contributed by atoms with Gasteiger partial charge in [-0.3, -0.25) is 4.79 Å². The molecular weight excluding hydrogens is 330 g/mol. The highest BCUT2D eigenvalue weighted by molar-refractivity contribution is 6.04. The van der Waals surface area contributed by atoms with Gasteiger partial charge in [0, 0.05) is 29.3 Å². The zero-order valence-corrected chi connectivity index (χ0v) is 15.9. The number of carbonyl (C=O) groups is 2. The minimum Gasteiger partial charge on any atom is -0.497 e. The summed E-state index contributed by atoms with van der Waals surface area (Å²) >= 11 is 0. The number of hydrogen-bond donors (Lipinski definition) is 1. The Labute approximate surface area is 154 Å². The molecule has 5 nitrogen and oxygen atoms in total. The molecule has 0 fully saturated rings. The van der Waals surface area contributed by atoms with Gasteiger partial charge in [-0.05, 0) is 36.5 Å². The van der Waals surface area contributed by atoms with E-state index in [0.29, 0.717) is 17.6 Å². The maximum atomic E-state index is 13.0. The average molecular weight is 355 g/mol. The lowest BCUT2D eigenvalue weighted by atomic mass is 9.68. The minimum absolute atomic E-state index is 0.0819. The molecule has 2 aliphatic rings. The Morgan fingerprint density at radius 1 is 1.15 bits per heavy atom. The van der Waals surface area contributed by atoms with Crippen LogP contribution in [0.2, 0.25) is 0 Å². The molecule has 0 aromatic heterocycles. The van der Waals surface area contributed by atoms with Crippen LogP contribution in [0.3, 0.4) is 0 Å². The summed E-state index contributed by atoms with van der Waals surface area (Å²) in [6.45, 7) is 6.04. The van der Waals surface area contributed by atoms with Gasteiger partial charge in [0.05, 0.1) is 19.8 Å². The van der Waals surface area contributed by atoms with Gasteiger partial charge in [0.2, 0.25) is 0 Å². The van der Waals surface area contributed by atoms with Crippen molar-refractivity contribution >= 4 is 11.8 Å². The van der Waals surface area contributed by atoms with E-state index in [-0.39, 0.29) is 11.2 Å². The first-order chi connectivity index (χ1) is 12.3. The van der Waals surface area contributed by atoms with Crippen molar-refractivity contribution in [3.05, 3.63) is 52.4 Å². The molecule has 0 spiro atoms. The van der Waals surface area contributed by atoms with Crippen molar-refractivity contribution in [3.8, 4) is 5.75 Å². The van der Waals surface area contributed by atoms with Crippen LogP contribution < -0.4 is 10.1 Å².